The van der Waals surface area contributed by atoms with Crippen molar-refractivity contribution in [3.63, 3.8) is 0 Å². The smallest absolute Gasteiger partial charge is 0.251 e. The second-order valence-electron chi connectivity index (χ2n) is 9.14. The minimum Gasteiger partial charge on any atom is -0.349 e. The summed E-state index contributed by atoms with van der Waals surface area (Å²) >= 11 is 0. The second-order valence-corrected chi connectivity index (χ2v) is 11.4. The molecule has 0 saturated heterocycles. The summed E-state index contributed by atoms with van der Waals surface area (Å²) in [6, 6.07) is 7.19. The predicted molar refractivity (Wildman–Crippen MR) is 122 cm³/mol. The molecule has 1 aromatic carbocycles. The maximum absolute atomic E-state index is 12.7. The molecule has 2 aliphatic carbocycles. The Hall–Kier alpha value is -1.93. The molecule has 0 aliphatic heterocycles. The van der Waals surface area contributed by atoms with Gasteiger partial charge in [-0.15, -0.1) is 0 Å². The Morgan fingerprint density at radius 1 is 0.935 bits per heavy atom. The van der Waals surface area contributed by atoms with E-state index in [0.717, 1.165) is 25.7 Å². The molecule has 0 radical (unpaired) electrons. The molecule has 3 rings (SSSR count). The van der Waals surface area contributed by atoms with E-state index < -0.39 is 15.3 Å². The first-order valence-corrected chi connectivity index (χ1v) is 13.0. The van der Waals surface area contributed by atoms with Crippen LogP contribution in [0.2, 0.25) is 0 Å². The Labute approximate surface area is 185 Å². The molecule has 0 unspecified atom stereocenters. The highest BCUT2D eigenvalue weighted by atomic mass is 32.2. The van der Waals surface area contributed by atoms with Gasteiger partial charge in [0, 0.05) is 29.3 Å². The van der Waals surface area contributed by atoms with Crippen LogP contribution in [0.25, 0.3) is 0 Å². The van der Waals surface area contributed by atoms with E-state index in [1.807, 2.05) is 0 Å². The van der Waals surface area contributed by atoms with Crippen molar-refractivity contribution >= 4 is 27.5 Å². The molecule has 172 valence electrons. The van der Waals surface area contributed by atoms with Gasteiger partial charge in [-0.2, -0.15) is 0 Å². The highest BCUT2D eigenvalue weighted by Gasteiger charge is 2.29. The Morgan fingerprint density at radius 3 is 2.26 bits per heavy atom. The van der Waals surface area contributed by atoms with Crippen molar-refractivity contribution in [1.29, 1.82) is 0 Å². The van der Waals surface area contributed by atoms with Gasteiger partial charge in [-0.05, 0) is 70.6 Å². The van der Waals surface area contributed by atoms with Gasteiger partial charge in [0.2, 0.25) is 15.9 Å². The zero-order chi connectivity index (χ0) is 22.4. The van der Waals surface area contributed by atoms with E-state index in [1.165, 1.54) is 6.42 Å². The number of hydrogen-bond donors (Lipinski definition) is 3. The fourth-order valence-corrected chi connectivity index (χ4v) is 5.31. The summed E-state index contributed by atoms with van der Waals surface area (Å²) in [5.74, 6) is -0.324. The van der Waals surface area contributed by atoms with Gasteiger partial charge in [-0.25, -0.2) is 13.1 Å². The topological polar surface area (TPSA) is 104 Å². The lowest BCUT2D eigenvalue weighted by atomic mass is 9.86. The van der Waals surface area contributed by atoms with Crippen LogP contribution in [0.15, 0.2) is 24.3 Å². The number of amides is 2. The minimum absolute atomic E-state index is 0.0741. The Balaban J connectivity index is 1.50. The summed E-state index contributed by atoms with van der Waals surface area (Å²) in [5.41, 5.74) is 1.17. The number of carbonyl (C=O) groups excluding carboxylic acids is 2. The normalized spacial score (nSPS) is 22.8. The van der Waals surface area contributed by atoms with Crippen molar-refractivity contribution in [2.24, 2.45) is 5.92 Å². The average Bonchev–Trinajstić information content (AvgIpc) is 2.74. The van der Waals surface area contributed by atoms with Gasteiger partial charge in [-0.3, -0.25) is 9.59 Å². The third kappa shape index (κ3) is 6.77. The summed E-state index contributed by atoms with van der Waals surface area (Å²) < 4.78 is 26.8. The largest absolute Gasteiger partial charge is 0.349 e. The quantitative estimate of drug-likeness (QED) is 0.592. The van der Waals surface area contributed by atoms with Crippen molar-refractivity contribution in [3.05, 3.63) is 29.8 Å². The zero-order valence-electron chi connectivity index (χ0n) is 18.5. The van der Waals surface area contributed by atoms with E-state index in [0.29, 0.717) is 36.9 Å². The van der Waals surface area contributed by atoms with E-state index in [9.17, 15) is 18.0 Å². The number of sulfonamides is 1. The standard InChI is InChI=1S/C23H35N3O4S/c1-16(2)31(29,30)26-20-13-11-17(12-14-20)22(27)25-21-10-6-7-18(15-21)23(28)24-19-8-4-3-5-9-19/h6-7,10,15-17,19-20,26H,3-5,8-9,11-14H2,1-2H3,(H,24,28)(H,25,27)/t17-,20-. The molecule has 1 aromatic rings. The molecule has 7 nitrogen and oxygen atoms in total. The molecule has 2 fully saturated rings. The monoisotopic (exact) mass is 449 g/mol. The fourth-order valence-electron chi connectivity index (χ4n) is 4.34. The second kappa shape index (κ2) is 10.6. The first-order valence-electron chi connectivity index (χ1n) is 11.5. The molecular formula is C23H35N3O4S. The number of anilines is 1. The van der Waals surface area contributed by atoms with Gasteiger partial charge >= 0.3 is 0 Å². The lowest BCUT2D eigenvalue weighted by Gasteiger charge is -2.28. The van der Waals surface area contributed by atoms with Gasteiger partial charge in [0.1, 0.15) is 0 Å². The zero-order valence-corrected chi connectivity index (χ0v) is 19.3. The number of nitrogens with one attached hydrogen (secondary N) is 3. The molecule has 3 N–H and O–H groups in total. The third-order valence-corrected chi connectivity index (χ3v) is 8.29. The van der Waals surface area contributed by atoms with E-state index in [1.54, 1.807) is 38.1 Å². The van der Waals surface area contributed by atoms with Crippen molar-refractivity contribution < 1.29 is 18.0 Å². The van der Waals surface area contributed by atoms with Crippen LogP contribution in [0.4, 0.5) is 5.69 Å². The summed E-state index contributed by atoms with van der Waals surface area (Å²) in [6.07, 6.45) is 8.17. The van der Waals surface area contributed by atoms with Gasteiger partial charge < -0.3 is 10.6 Å². The van der Waals surface area contributed by atoms with Crippen LogP contribution in [-0.4, -0.2) is 37.6 Å². The summed E-state index contributed by atoms with van der Waals surface area (Å²) in [5, 5.41) is 5.57. The maximum atomic E-state index is 12.7. The maximum Gasteiger partial charge on any atom is 0.251 e. The molecule has 2 aliphatic rings. The molecule has 0 bridgehead atoms. The molecule has 2 amide bonds. The lowest BCUT2D eigenvalue weighted by Crippen LogP contribution is -2.42. The van der Waals surface area contributed by atoms with Gasteiger partial charge in [-0.1, -0.05) is 25.3 Å². The average molecular weight is 450 g/mol. The lowest BCUT2D eigenvalue weighted by molar-refractivity contribution is -0.120. The molecular weight excluding hydrogens is 414 g/mol. The van der Waals surface area contributed by atoms with Crippen LogP contribution in [-0.2, 0) is 14.8 Å². The first-order chi connectivity index (χ1) is 14.7. The van der Waals surface area contributed by atoms with Gasteiger partial charge in [0.15, 0.2) is 0 Å². The highest BCUT2D eigenvalue weighted by Crippen LogP contribution is 2.26. The Bertz CT molecular complexity index is 871. The molecule has 31 heavy (non-hydrogen) atoms. The highest BCUT2D eigenvalue weighted by molar-refractivity contribution is 7.90. The molecule has 0 spiro atoms. The number of hydrogen-bond acceptors (Lipinski definition) is 4. The Morgan fingerprint density at radius 2 is 1.61 bits per heavy atom. The van der Waals surface area contributed by atoms with Crippen molar-refractivity contribution in [1.82, 2.24) is 10.0 Å². The fraction of sp³-hybridized carbons (Fsp3) is 0.652. The van der Waals surface area contributed by atoms with E-state index in [4.69, 9.17) is 0 Å². The van der Waals surface area contributed by atoms with Crippen LogP contribution in [0.1, 0.15) is 82.0 Å². The van der Waals surface area contributed by atoms with E-state index >= 15 is 0 Å². The summed E-state index contributed by atoms with van der Waals surface area (Å²) in [6.45, 7) is 3.32. The predicted octanol–water partition coefficient (Wildman–Crippen LogP) is 3.57. The van der Waals surface area contributed by atoms with Crippen molar-refractivity contribution in [2.75, 3.05) is 5.32 Å². The molecule has 8 heteroatoms. The number of carbonyl (C=O) groups is 2. The first kappa shape index (κ1) is 23.7. The number of rotatable bonds is 7. The summed E-state index contributed by atoms with van der Waals surface area (Å²) in [7, 11) is -3.30. The SMILES string of the molecule is CC(C)S(=O)(=O)N[C@H]1CC[C@H](C(=O)Nc2cccc(C(=O)NC3CCCCC3)c2)CC1. The summed E-state index contributed by atoms with van der Waals surface area (Å²) in [4.78, 5) is 25.3. The van der Waals surface area contributed by atoms with Crippen molar-refractivity contribution in [2.45, 2.75) is 89.0 Å². The minimum atomic E-state index is -3.30. The Kier molecular flexibility index (Phi) is 8.11. The van der Waals surface area contributed by atoms with Gasteiger partial charge in [0.25, 0.3) is 5.91 Å². The molecule has 2 saturated carbocycles. The van der Waals surface area contributed by atoms with E-state index in [-0.39, 0.29) is 29.8 Å². The number of benzene rings is 1. The van der Waals surface area contributed by atoms with Crippen molar-refractivity contribution in [3.8, 4) is 0 Å². The van der Waals surface area contributed by atoms with Crippen LogP contribution in [0.3, 0.4) is 0 Å². The van der Waals surface area contributed by atoms with Crippen LogP contribution < -0.4 is 15.4 Å². The molecule has 0 aromatic heterocycles. The van der Waals surface area contributed by atoms with Crippen LogP contribution >= 0.6 is 0 Å². The molecule has 0 heterocycles. The van der Waals surface area contributed by atoms with Gasteiger partial charge in [0.05, 0.1) is 5.25 Å². The van der Waals surface area contributed by atoms with Crippen LogP contribution in [0.5, 0.6) is 0 Å². The molecule has 0 atom stereocenters. The van der Waals surface area contributed by atoms with E-state index in [2.05, 4.69) is 15.4 Å². The third-order valence-electron chi connectivity index (χ3n) is 6.38. The van der Waals surface area contributed by atoms with Crippen LogP contribution in [0, 0.1) is 5.92 Å².